The van der Waals surface area contributed by atoms with Crippen molar-refractivity contribution < 1.29 is 18.3 Å². The Bertz CT molecular complexity index is 609. The SMILES string of the molecule is Cc1sc(C(=O)Nc2ccccc2OC(F)F)cc1N. The van der Waals surface area contributed by atoms with Gasteiger partial charge in [0.25, 0.3) is 5.91 Å². The molecule has 1 aromatic heterocycles. The smallest absolute Gasteiger partial charge is 0.387 e. The third-order valence-corrected chi connectivity index (χ3v) is 3.60. The Morgan fingerprint density at radius 2 is 2.10 bits per heavy atom. The number of hydrogen-bond donors (Lipinski definition) is 2. The normalized spacial score (nSPS) is 10.6. The van der Waals surface area contributed by atoms with E-state index in [1.54, 1.807) is 25.1 Å². The molecule has 2 aromatic rings. The molecular weight excluding hydrogens is 286 g/mol. The maximum Gasteiger partial charge on any atom is 0.387 e. The number of amides is 1. The molecule has 1 aromatic carbocycles. The highest BCUT2D eigenvalue weighted by atomic mass is 32.1. The highest BCUT2D eigenvalue weighted by molar-refractivity contribution is 7.14. The van der Waals surface area contributed by atoms with Crippen molar-refractivity contribution in [2.75, 3.05) is 11.1 Å². The molecule has 0 radical (unpaired) electrons. The van der Waals surface area contributed by atoms with Gasteiger partial charge in [-0.3, -0.25) is 4.79 Å². The molecule has 7 heteroatoms. The molecule has 0 aliphatic carbocycles. The summed E-state index contributed by atoms with van der Waals surface area (Å²) in [6.07, 6.45) is 0. The van der Waals surface area contributed by atoms with E-state index in [0.29, 0.717) is 10.6 Å². The van der Waals surface area contributed by atoms with Crippen LogP contribution in [0.4, 0.5) is 20.2 Å². The molecule has 0 fully saturated rings. The Morgan fingerprint density at radius 3 is 2.70 bits per heavy atom. The predicted molar refractivity (Wildman–Crippen MR) is 74.5 cm³/mol. The number of anilines is 2. The number of hydrogen-bond acceptors (Lipinski definition) is 4. The molecule has 0 unspecified atom stereocenters. The number of nitrogens with two attached hydrogens (primary N) is 1. The zero-order chi connectivity index (χ0) is 14.7. The van der Waals surface area contributed by atoms with Gasteiger partial charge in [-0.15, -0.1) is 11.3 Å². The van der Waals surface area contributed by atoms with Gasteiger partial charge in [-0.1, -0.05) is 12.1 Å². The van der Waals surface area contributed by atoms with Crippen LogP contribution in [0.3, 0.4) is 0 Å². The van der Waals surface area contributed by atoms with Gasteiger partial charge < -0.3 is 15.8 Å². The van der Waals surface area contributed by atoms with Crippen LogP contribution in [0, 0.1) is 6.92 Å². The molecule has 0 aliphatic heterocycles. The average molecular weight is 298 g/mol. The summed E-state index contributed by atoms with van der Waals surface area (Å²) in [5.41, 5.74) is 6.38. The first kappa shape index (κ1) is 14.3. The minimum Gasteiger partial charge on any atom is -0.433 e. The van der Waals surface area contributed by atoms with Crippen LogP contribution >= 0.6 is 11.3 Å². The molecule has 0 bridgehead atoms. The number of rotatable bonds is 4. The second-order valence-corrected chi connectivity index (χ2v) is 5.21. The Hall–Kier alpha value is -2.15. The van der Waals surface area contributed by atoms with Gasteiger partial charge in [0.15, 0.2) is 0 Å². The summed E-state index contributed by atoms with van der Waals surface area (Å²) in [6.45, 7) is -1.15. The second kappa shape index (κ2) is 5.87. The van der Waals surface area contributed by atoms with E-state index in [1.165, 1.54) is 23.5 Å². The third-order valence-electron chi connectivity index (χ3n) is 2.53. The monoisotopic (exact) mass is 298 g/mol. The number of carbonyl (C=O) groups excluding carboxylic acids is 1. The molecule has 0 atom stereocenters. The second-order valence-electron chi connectivity index (χ2n) is 3.95. The molecule has 0 aliphatic rings. The largest absolute Gasteiger partial charge is 0.433 e. The van der Waals surface area contributed by atoms with Crippen molar-refractivity contribution in [3.8, 4) is 5.75 Å². The van der Waals surface area contributed by atoms with Gasteiger partial charge in [0.1, 0.15) is 5.75 Å². The van der Waals surface area contributed by atoms with Crippen LogP contribution in [0.5, 0.6) is 5.75 Å². The molecule has 0 saturated heterocycles. The number of nitrogen functional groups attached to an aromatic ring is 1. The molecular formula is C13H12F2N2O2S. The topological polar surface area (TPSA) is 64.3 Å². The van der Waals surface area contributed by atoms with Crippen LogP contribution in [0.15, 0.2) is 30.3 Å². The highest BCUT2D eigenvalue weighted by Gasteiger charge is 2.15. The van der Waals surface area contributed by atoms with E-state index in [9.17, 15) is 13.6 Å². The Labute approximate surface area is 118 Å². The van der Waals surface area contributed by atoms with E-state index in [1.807, 2.05) is 0 Å². The lowest BCUT2D eigenvalue weighted by Gasteiger charge is -2.10. The minimum atomic E-state index is -2.95. The predicted octanol–water partition coefficient (Wildman–Crippen LogP) is 3.49. The fraction of sp³-hybridized carbons (Fsp3) is 0.154. The summed E-state index contributed by atoms with van der Waals surface area (Å²) >= 11 is 1.24. The lowest BCUT2D eigenvalue weighted by molar-refractivity contribution is -0.0493. The van der Waals surface area contributed by atoms with Crippen molar-refractivity contribution in [3.05, 3.63) is 40.1 Å². The number of nitrogens with one attached hydrogen (secondary N) is 1. The van der Waals surface area contributed by atoms with Crippen LogP contribution in [-0.4, -0.2) is 12.5 Å². The highest BCUT2D eigenvalue weighted by Crippen LogP contribution is 2.28. The first-order chi connectivity index (χ1) is 9.47. The van der Waals surface area contributed by atoms with Gasteiger partial charge in [-0.25, -0.2) is 0 Å². The van der Waals surface area contributed by atoms with Crippen molar-refractivity contribution in [2.45, 2.75) is 13.5 Å². The van der Waals surface area contributed by atoms with E-state index in [4.69, 9.17) is 5.73 Å². The van der Waals surface area contributed by atoms with Crippen LogP contribution in [0.2, 0.25) is 0 Å². The quantitative estimate of drug-likeness (QED) is 0.908. The van der Waals surface area contributed by atoms with E-state index in [-0.39, 0.29) is 11.4 Å². The lowest BCUT2D eigenvalue weighted by Crippen LogP contribution is -2.12. The number of alkyl halides is 2. The number of thiophene rings is 1. The van der Waals surface area contributed by atoms with Gasteiger partial charge in [0.2, 0.25) is 0 Å². The first-order valence-electron chi connectivity index (χ1n) is 5.68. The van der Waals surface area contributed by atoms with Crippen molar-refractivity contribution in [1.29, 1.82) is 0 Å². The first-order valence-corrected chi connectivity index (χ1v) is 6.50. The number of para-hydroxylation sites is 2. The van der Waals surface area contributed by atoms with Gasteiger partial charge in [-0.05, 0) is 25.1 Å². The zero-order valence-electron chi connectivity index (χ0n) is 10.5. The fourth-order valence-electron chi connectivity index (χ4n) is 1.56. The number of carbonyl (C=O) groups is 1. The third kappa shape index (κ3) is 3.24. The standard InChI is InChI=1S/C13H12F2N2O2S/c1-7-8(16)6-11(20-7)12(18)17-9-4-2-3-5-10(9)19-13(14)15/h2-6,13H,16H2,1H3,(H,17,18). The van der Waals surface area contributed by atoms with Gasteiger partial charge >= 0.3 is 6.61 Å². The maximum absolute atomic E-state index is 12.3. The summed E-state index contributed by atoms with van der Waals surface area (Å²) in [4.78, 5) is 13.3. The van der Waals surface area contributed by atoms with Crippen LogP contribution < -0.4 is 15.8 Å². The average Bonchev–Trinajstić information content (AvgIpc) is 2.71. The molecule has 2 rings (SSSR count). The van der Waals surface area contributed by atoms with E-state index < -0.39 is 12.5 Å². The number of benzene rings is 1. The van der Waals surface area contributed by atoms with Crippen molar-refractivity contribution in [2.24, 2.45) is 0 Å². The zero-order valence-corrected chi connectivity index (χ0v) is 11.3. The fourth-order valence-corrected chi connectivity index (χ4v) is 2.40. The lowest BCUT2D eigenvalue weighted by atomic mass is 10.3. The van der Waals surface area contributed by atoms with Crippen LogP contribution in [0.25, 0.3) is 0 Å². The van der Waals surface area contributed by atoms with Crippen molar-refractivity contribution in [1.82, 2.24) is 0 Å². The number of halogens is 2. The van der Waals surface area contributed by atoms with Gasteiger partial charge in [-0.2, -0.15) is 8.78 Å². The van der Waals surface area contributed by atoms with E-state index in [2.05, 4.69) is 10.1 Å². The summed E-state index contributed by atoms with van der Waals surface area (Å²) < 4.78 is 28.9. The van der Waals surface area contributed by atoms with Gasteiger partial charge in [0.05, 0.1) is 10.6 Å². The minimum absolute atomic E-state index is 0.0860. The van der Waals surface area contributed by atoms with E-state index in [0.717, 1.165) is 4.88 Å². The number of aryl methyl sites for hydroxylation is 1. The molecule has 1 heterocycles. The molecule has 1 amide bonds. The molecule has 3 N–H and O–H groups in total. The van der Waals surface area contributed by atoms with Gasteiger partial charge in [0, 0.05) is 10.6 Å². The Kier molecular flexibility index (Phi) is 4.19. The van der Waals surface area contributed by atoms with Crippen LogP contribution in [0.1, 0.15) is 14.5 Å². The molecule has 20 heavy (non-hydrogen) atoms. The molecule has 0 saturated carbocycles. The van der Waals surface area contributed by atoms with Crippen molar-refractivity contribution >= 4 is 28.6 Å². The maximum atomic E-state index is 12.3. The summed E-state index contributed by atoms with van der Waals surface area (Å²) in [5.74, 6) is -0.503. The Balaban J connectivity index is 2.19. The van der Waals surface area contributed by atoms with Crippen molar-refractivity contribution in [3.63, 3.8) is 0 Å². The summed E-state index contributed by atoms with van der Waals surface area (Å²) in [7, 11) is 0. The summed E-state index contributed by atoms with van der Waals surface area (Å²) in [5, 5.41) is 2.53. The van der Waals surface area contributed by atoms with E-state index >= 15 is 0 Å². The summed E-state index contributed by atoms with van der Waals surface area (Å²) in [6, 6.07) is 7.55. The molecule has 4 nitrogen and oxygen atoms in total. The Morgan fingerprint density at radius 1 is 1.40 bits per heavy atom. The molecule has 0 spiro atoms. The molecule has 106 valence electrons. The van der Waals surface area contributed by atoms with Crippen LogP contribution in [-0.2, 0) is 0 Å². The number of ether oxygens (including phenoxy) is 1.